The largest absolute Gasteiger partial charge is 0.379 e. The van der Waals surface area contributed by atoms with Crippen LogP contribution in [0.4, 0.5) is 4.79 Å². The Morgan fingerprint density at radius 1 is 1.25 bits per heavy atom. The van der Waals surface area contributed by atoms with Crippen molar-refractivity contribution in [2.75, 3.05) is 44.4 Å². The average molecular weight is 362 g/mol. The first-order chi connectivity index (χ1) is 11.4. The second-order valence-electron chi connectivity index (χ2n) is 6.75. The molecule has 0 bridgehead atoms. The van der Waals surface area contributed by atoms with E-state index in [0.717, 1.165) is 39.1 Å². The summed E-state index contributed by atoms with van der Waals surface area (Å²) in [5.74, 6) is 0.748. The minimum absolute atomic E-state index is 0.0554. The third-order valence-electron chi connectivity index (χ3n) is 5.15. The second kappa shape index (κ2) is 9.01. The van der Waals surface area contributed by atoms with Crippen molar-refractivity contribution in [2.24, 2.45) is 5.92 Å². The molecular formula is C16H31N3O4S. The molecule has 2 saturated heterocycles. The third kappa shape index (κ3) is 5.60. The maximum atomic E-state index is 12.1. The zero-order chi connectivity index (χ0) is 17.6. The summed E-state index contributed by atoms with van der Waals surface area (Å²) in [4.78, 5) is 14.5. The molecule has 2 unspecified atom stereocenters. The minimum atomic E-state index is -2.98. The van der Waals surface area contributed by atoms with Crippen molar-refractivity contribution in [1.82, 2.24) is 15.5 Å². The van der Waals surface area contributed by atoms with Gasteiger partial charge in [-0.3, -0.25) is 4.90 Å². The molecular weight excluding hydrogens is 330 g/mol. The highest BCUT2D eigenvalue weighted by Gasteiger charge is 2.30. The molecule has 0 radical (unpaired) electrons. The fraction of sp³-hybridized carbons (Fsp3) is 0.938. The third-order valence-corrected chi connectivity index (χ3v) is 6.91. The summed E-state index contributed by atoms with van der Waals surface area (Å²) in [5, 5.41) is 5.75. The lowest BCUT2D eigenvalue weighted by atomic mass is 9.92. The molecule has 0 saturated carbocycles. The summed E-state index contributed by atoms with van der Waals surface area (Å²) >= 11 is 0. The van der Waals surface area contributed by atoms with Crippen LogP contribution in [0, 0.1) is 5.92 Å². The van der Waals surface area contributed by atoms with Crippen LogP contribution < -0.4 is 10.6 Å². The highest BCUT2D eigenvalue weighted by atomic mass is 32.2. The van der Waals surface area contributed by atoms with Crippen LogP contribution in [-0.2, 0) is 14.6 Å². The van der Waals surface area contributed by atoms with Crippen molar-refractivity contribution >= 4 is 15.9 Å². The van der Waals surface area contributed by atoms with Gasteiger partial charge in [0.05, 0.1) is 24.7 Å². The van der Waals surface area contributed by atoms with Gasteiger partial charge in [-0.05, 0) is 12.3 Å². The highest BCUT2D eigenvalue weighted by molar-refractivity contribution is 7.91. The number of nitrogens with one attached hydrogen (secondary N) is 2. The Balaban J connectivity index is 1.85. The molecule has 2 rings (SSSR count). The van der Waals surface area contributed by atoms with E-state index in [1.807, 2.05) is 0 Å². The van der Waals surface area contributed by atoms with Gasteiger partial charge in [-0.15, -0.1) is 0 Å². The zero-order valence-electron chi connectivity index (χ0n) is 14.8. The molecule has 2 aliphatic heterocycles. The van der Waals surface area contributed by atoms with Crippen molar-refractivity contribution in [3.05, 3.63) is 0 Å². The molecule has 2 aliphatic rings. The molecule has 2 N–H and O–H groups in total. The molecule has 0 aromatic rings. The Bertz CT molecular complexity index is 501. The molecule has 140 valence electrons. The fourth-order valence-corrected chi connectivity index (χ4v) is 5.35. The lowest BCUT2D eigenvalue weighted by molar-refractivity contribution is 0.00236. The van der Waals surface area contributed by atoms with Crippen LogP contribution >= 0.6 is 0 Å². The normalized spacial score (nSPS) is 25.5. The minimum Gasteiger partial charge on any atom is -0.379 e. The summed E-state index contributed by atoms with van der Waals surface area (Å²) in [6.45, 7) is 8.22. The van der Waals surface area contributed by atoms with Crippen LogP contribution in [0.1, 0.15) is 33.1 Å². The quantitative estimate of drug-likeness (QED) is 0.694. The summed E-state index contributed by atoms with van der Waals surface area (Å²) in [5.41, 5.74) is 0. The van der Waals surface area contributed by atoms with Crippen LogP contribution in [-0.4, -0.2) is 75.8 Å². The molecule has 2 heterocycles. The number of morpholine rings is 1. The predicted octanol–water partition coefficient (Wildman–Crippen LogP) is 0.610. The van der Waals surface area contributed by atoms with E-state index in [2.05, 4.69) is 29.4 Å². The Hall–Kier alpha value is -0.860. The molecule has 24 heavy (non-hydrogen) atoms. The summed E-state index contributed by atoms with van der Waals surface area (Å²) in [7, 11) is -2.98. The van der Waals surface area contributed by atoms with Crippen LogP contribution in [0.25, 0.3) is 0 Å². The van der Waals surface area contributed by atoms with Crippen molar-refractivity contribution in [3.63, 3.8) is 0 Å². The van der Waals surface area contributed by atoms with Gasteiger partial charge in [-0.1, -0.05) is 26.7 Å². The van der Waals surface area contributed by atoms with Crippen molar-refractivity contribution in [2.45, 2.75) is 45.2 Å². The number of hydrogen-bond donors (Lipinski definition) is 2. The number of urea groups is 1. The number of sulfone groups is 1. The number of amides is 2. The number of rotatable bonds is 7. The Labute approximate surface area is 145 Å². The van der Waals surface area contributed by atoms with E-state index in [4.69, 9.17) is 4.74 Å². The maximum absolute atomic E-state index is 12.1. The van der Waals surface area contributed by atoms with Gasteiger partial charge in [0.25, 0.3) is 0 Å². The standard InChI is InChI=1S/C16H31N3O4S/c1-3-13(4-2)15(19-6-8-23-9-7-19)11-17-16(20)18-14-5-10-24(21,22)12-14/h13-15H,3-12H2,1-2H3,(H2,17,18,20). The van der Waals surface area contributed by atoms with Gasteiger partial charge in [0.2, 0.25) is 0 Å². The van der Waals surface area contributed by atoms with Crippen LogP contribution in [0.5, 0.6) is 0 Å². The SMILES string of the molecule is CCC(CC)C(CNC(=O)NC1CCS(=O)(=O)C1)N1CCOCC1. The van der Waals surface area contributed by atoms with E-state index in [1.165, 1.54) is 0 Å². The molecule has 2 atom stereocenters. The van der Waals surface area contributed by atoms with Gasteiger partial charge < -0.3 is 15.4 Å². The van der Waals surface area contributed by atoms with E-state index in [1.54, 1.807) is 0 Å². The van der Waals surface area contributed by atoms with E-state index in [0.29, 0.717) is 24.9 Å². The van der Waals surface area contributed by atoms with Gasteiger partial charge in [0.1, 0.15) is 0 Å². The van der Waals surface area contributed by atoms with Crippen molar-refractivity contribution < 1.29 is 17.9 Å². The van der Waals surface area contributed by atoms with Crippen molar-refractivity contribution in [3.8, 4) is 0 Å². The molecule has 7 nitrogen and oxygen atoms in total. The van der Waals surface area contributed by atoms with Gasteiger partial charge in [-0.25, -0.2) is 13.2 Å². The number of carbonyl (C=O) groups is 1. The monoisotopic (exact) mass is 361 g/mol. The predicted molar refractivity (Wildman–Crippen MR) is 93.8 cm³/mol. The number of carbonyl (C=O) groups excluding carboxylic acids is 1. The number of ether oxygens (including phenoxy) is 1. The first-order valence-corrected chi connectivity index (χ1v) is 10.8. The van der Waals surface area contributed by atoms with Gasteiger partial charge in [0, 0.05) is 31.7 Å². The lowest BCUT2D eigenvalue weighted by Gasteiger charge is -2.38. The topological polar surface area (TPSA) is 87.7 Å². The van der Waals surface area contributed by atoms with E-state index in [9.17, 15) is 13.2 Å². The molecule has 2 fully saturated rings. The van der Waals surface area contributed by atoms with E-state index in [-0.39, 0.29) is 23.6 Å². The number of hydrogen-bond acceptors (Lipinski definition) is 5. The lowest BCUT2D eigenvalue weighted by Crippen LogP contribution is -2.53. The van der Waals surface area contributed by atoms with E-state index >= 15 is 0 Å². The Morgan fingerprint density at radius 3 is 2.46 bits per heavy atom. The zero-order valence-corrected chi connectivity index (χ0v) is 15.6. The summed E-state index contributed by atoms with van der Waals surface area (Å²) < 4.78 is 28.4. The molecule has 0 aromatic carbocycles. The molecule has 0 spiro atoms. The average Bonchev–Trinajstić information content (AvgIpc) is 2.90. The number of nitrogens with zero attached hydrogens (tertiary/aromatic N) is 1. The van der Waals surface area contributed by atoms with Crippen molar-refractivity contribution in [1.29, 1.82) is 0 Å². The highest BCUT2D eigenvalue weighted by Crippen LogP contribution is 2.19. The summed E-state index contributed by atoms with van der Waals surface area (Å²) in [6, 6.07) is -0.228. The molecule has 0 aromatic heterocycles. The second-order valence-corrected chi connectivity index (χ2v) is 8.98. The fourth-order valence-electron chi connectivity index (χ4n) is 3.68. The van der Waals surface area contributed by atoms with Crippen LogP contribution in [0.15, 0.2) is 0 Å². The van der Waals surface area contributed by atoms with Gasteiger partial charge in [0.15, 0.2) is 9.84 Å². The van der Waals surface area contributed by atoms with Crippen LogP contribution in [0.2, 0.25) is 0 Å². The smallest absolute Gasteiger partial charge is 0.315 e. The Kier molecular flexibility index (Phi) is 7.31. The summed E-state index contributed by atoms with van der Waals surface area (Å²) in [6.07, 6.45) is 2.65. The molecule has 2 amide bonds. The Morgan fingerprint density at radius 2 is 1.92 bits per heavy atom. The van der Waals surface area contributed by atoms with E-state index < -0.39 is 9.84 Å². The molecule has 0 aliphatic carbocycles. The van der Waals surface area contributed by atoms with Gasteiger partial charge in [-0.2, -0.15) is 0 Å². The first kappa shape index (κ1) is 19.5. The molecule has 8 heteroatoms. The maximum Gasteiger partial charge on any atom is 0.315 e. The van der Waals surface area contributed by atoms with Crippen LogP contribution in [0.3, 0.4) is 0 Å². The van der Waals surface area contributed by atoms with Gasteiger partial charge >= 0.3 is 6.03 Å². The first-order valence-electron chi connectivity index (χ1n) is 9.01.